The molecule has 112 valence electrons. The highest BCUT2D eigenvalue weighted by Crippen LogP contribution is 2.53. The van der Waals surface area contributed by atoms with E-state index in [0.717, 1.165) is 11.5 Å². The molecule has 0 saturated heterocycles. The van der Waals surface area contributed by atoms with Crippen molar-refractivity contribution < 1.29 is 9.47 Å². The second-order valence-electron chi connectivity index (χ2n) is 5.72. The van der Waals surface area contributed by atoms with Crippen LogP contribution in [0.1, 0.15) is 50.6 Å². The molecule has 1 unspecified atom stereocenters. The summed E-state index contributed by atoms with van der Waals surface area (Å²) in [7, 11) is 5.52. The predicted molar refractivity (Wildman–Crippen MR) is 82.5 cm³/mol. The highest BCUT2D eigenvalue weighted by molar-refractivity contribution is 5.48. The topological polar surface area (TPSA) is 30.5 Å². The van der Waals surface area contributed by atoms with Gasteiger partial charge in [0.25, 0.3) is 0 Å². The number of methoxy groups -OCH3 is 2. The Morgan fingerprint density at radius 2 is 1.70 bits per heavy atom. The Bertz CT molecular complexity index is 416. The fourth-order valence-electron chi connectivity index (χ4n) is 3.85. The molecule has 1 aromatic carbocycles. The molecule has 1 aliphatic rings. The number of ether oxygens (including phenoxy) is 2. The molecule has 1 aromatic rings. The summed E-state index contributed by atoms with van der Waals surface area (Å²) < 4.78 is 11.2. The molecular weight excluding hydrogens is 250 g/mol. The van der Waals surface area contributed by atoms with Crippen molar-refractivity contribution in [3.63, 3.8) is 0 Å². The molecule has 0 spiro atoms. The molecule has 1 aliphatic carbocycles. The van der Waals surface area contributed by atoms with Gasteiger partial charge in [-0.3, -0.25) is 0 Å². The zero-order valence-corrected chi connectivity index (χ0v) is 13.2. The number of benzene rings is 1. The summed E-state index contributed by atoms with van der Waals surface area (Å²) in [6, 6.07) is 6.32. The Kier molecular flexibility index (Phi) is 4.92. The zero-order chi connectivity index (χ0) is 14.6. The lowest BCUT2D eigenvalue weighted by Crippen LogP contribution is -2.34. The van der Waals surface area contributed by atoms with Gasteiger partial charge in [-0.2, -0.15) is 0 Å². The van der Waals surface area contributed by atoms with Crippen molar-refractivity contribution in [2.75, 3.05) is 21.3 Å². The van der Waals surface area contributed by atoms with E-state index < -0.39 is 0 Å². The third-order valence-electron chi connectivity index (χ3n) is 4.96. The van der Waals surface area contributed by atoms with E-state index in [1.165, 1.54) is 37.7 Å². The molecule has 1 fully saturated rings. The standard InChI is InChI=1S/C17H27NO2/c1-5-17(11-6-7-12-17)16(18-2)15-13(19-3)9-8-10-14(15)20-4/h8-10,16,18H,5-7,11-12H2,1-4H3. The largest absolute Gasteiger partial charge is 0.496 e. The summed E-state index contributed by atoms with van der Waals surface area (Å²) in [4.78, 5) is 0. The highest BCUT2D eigenvalue weighted by Gasteiger charge is 2.42. The van der Waals surface area contributed by atoms with Crippen LogP contribution in [-0.4, -0.2) is 21.3 Å². The molecule has 1 N–H and O–H groups in total. The molecule has 20 heavy (non-hydrogen) atoms. The normalized spacial score (nSPS) is 18.8. The van der Waals surface area contributed by atoms with Crippen LogP contribution in [0.25, 0.3) is 0 Å². The molecular formula is C17H27NO2. The van der Waals surface area contributed by atoms with Gasteiger partial charge in [-0.25, -0.2) is 0 Å². The van der Waals surface area contributed by atoms with Gasteiger partial charge in [-0.15, -0.1) is 0 Å². The minimum absolute atomic E-state index is 0.279. The van der Waals surface area contributed by atoms with Crippen LogP contribution in [0.4, 0.5) is 0 Å². The summed E-state index contributed by atoms with van der Waals surface area (Å²) in [5.41, 5.74) is 1.49. The van der Waals surface area contributed by atoms with E-state index in [9.17, 15) is 0 Å². The van der Waals surface area contributed by atoms with Crippen molar-refractivity contribution in [2.24, 2.45) is 5.41 Å². The smallest absolute Gasteiger partial charge is 0.127 e. The molecule has 3 heteroatoms. The van der Waals surface area contributed by atoms with Gasteiger partial charge < -0.3 is 14.8 Å². The van der Waals surface area contributed by atoms with Crippen molar-refractivity contribution in [3.8, 4) is 11.5 Å². The average molecular weight is 277 g/mol. The molecule has 0 aromatic heterocycles. The number of rotatable bonds is 6. The van der Waals surface area contributed by atoms with Gasteiger partial charge in [-0.1, -0.05) is 25.8 Å². The third kappa shape index (κ3) is 2.51. The molecule has 2 rings (SSSR count). The first kappa shape index (κ1) is 15.2. The molecule has 0 amide bonds. The first-order valence-electron chi connectivity index (χ1n) is 7.60. The van der Waals surface area contributed by atoms with E-state index in [1.807, 2.05) is 25.2 Å². The van der Waals surface area contributed by atoms with Gasteiger partial charge in [0.1, 0.15) is 11.5 Å². The number of hydrogen-bond acceptors (Lipinski definition) is 3. The van der Waals surface area contributed by atoms with Crippen molar-refractivity contribution in [1.29, 1.82) is 0 Å². The lowest BCUT2D eigenvalue weighted by atomic mass is 9.73. The van der Waals surface area contributed by atoms with E-state index in [2.05, 4.69) is 12.2 Å². The summed E-state index contributed by atoms with van der Waals surface area (Å²) in [6.45, 7) is 2.30. The van der Waals surface area contributed by atoms with Crippen LogP contribution in [0.3, 0.4) is 0 Å². The summed E-state index contributed by atoms with van der Waals surface area (Å²) in [5, 5.41) is 3.54. The fourth-order valence-corrected chi connectivity index (χ4v) is 3.85. The molecule has 0 radical (unpaired) electrons. The summed E-state index contributed by atoms with van der Waals surface area (Å²) in [6.07, 6.45) is 6.37. The van der Waals surface area contributed by atoms with Gasteiger partial charge in [0.05, 0.1) is 19.8 Å². The van der Waals surface area contributed by atoms with Crippen LogP contribution < -0.4 is 14.8 Å². The quantitative estimate of drug-likeness (QED) is 0.854. The number of nitrogens with one attached hydrogen (secondary N) is 1. The highest BCUT2D eigenvalue weighted by atomic mass is 16.5. The van der Waals surface area contributed by atoms with Crippen molar-refractivity contribution in [2.45, 2.75) is 45.1 Å². The molecule has 0 aliphatic heterocycles. The van der Waals surface area contributed by atoms with Gasteiger partial charge in [0.15, 0.2) is 0 Å². The van der Waals surface area contributed by atoms with Gasteiger partial charge in [0.2, 0.25) is 0 Å². The third-order valence-corrected chi connectivity index (χ3v) is 4.96. The Labute approximate surface area is 122 Å². The van der Waals surface area contributed by atoms with Crippen LogP contribution in [0.2, 0.25) is 0 Å². The van der Waals surface area contributed by atoms with E-state index >= 15 is 0 Å². The molecule has 0 bridgehead atoms. The van der Waals surface area contributed by atoms with Crippen LogP contribution >= 0.6 is 0 Å². The summed E-state index contributed by atoms with van der Waals surface area (Å²) >= 11 is 0. The average Bonchev–Trinajstić information content (AvgIpc) is 2.98. The maximum absolute atomic E-state index is 5.60. The molecule has 1 atom stereocenters. The van der Waals surface area contributed by atoms with Crippen molar-refractivity contribution in [1.82, 2.24) is 5.32 Å². The first-order valence-corrected chi connectivity index (χ1v) is 7.60. The van der Waals surface area contributed by atoms with Crippen LogP contribution in [0, 0.1) is 5.41 Å². The second-order valence-corrected chi connectivity index (χ2v) is 5.72. The molecule has 1 saturated carbocycles. The SMILES string of the molecule is CCC1(C(NC)c2c(OC)cccc2OC)CCCC1. The number of hydrogen-bond donors (Lipinski definition) is 1. The van der Waals surface area contributed by atoms with Crippen molar-refractivity contribution >= 4 is 0 Å². The lowest BCUT2D eigenvalue weighted by molar-refractivity contribution is 0.187. The summed E-state index contributed by atoms with van der Waals surface area (Å²) in [5.74, 6) is 1.84. The monoisotopic (exact) mass is 277 g/mol. The lowest BCUT2D eigenvalue weighted by Gasteiger charge is -2.38. The Morgan fingerprint density at radius 3 is 2.10 bits per heavy atom. The molecule has 3 nitrogen and oxygen atoms in total. The van der Waals surface area contributed by atoms with Gasteiger partial charge in [-0.05, 0) is 43.9 Å². The Balaban J connectivity index is 2.50. The Morgan fingerprint density at radius 1 is 1.15 bits per heavy atom. The van der Waals surface area contributed by atoms with E-state index in [0.29, 0.717) is 5.41 Å². The van der Waals surface area contributed by atoms with E-state index in [1.54, 1.807) is 14.2 Å². The minimum atomic E-state index is 0.279. The fraction of sp³-hybridized carbons (Fsp3) is 0.647. The maximum atomic E-state index is 5.60. The molecule has 0 heterocycles. The van der Waals surface area contributed by atoms with E-state index in [4.69, 9.17) is 9.47 Å². The first-order chi connectivity index (χ1) is 9.72. The van der Waals surface area contributed by atoms with Crippen LogP contribution in [0.5, 0.6) is 11.5 Å². The predicted octanol–water partition coefficient (Wildman–Crippen LogP) is 3.93. The van der Waals surface area contributed by atoms with Gasteiger partial charge in [0, 0.05) is 6.04 Å². The van der Waals surface area contributed by atoms with Crippen LogP contribution in [-0.2, 0) is 0 Å². The maximum Gasteiger partial charge on any atom is 0.127 e. The minimum Gasteiger partial charge on any atom is -0.496 e. The van der Waals surface area contributed by atoms with Crippen LogP contribution in [0.15, 0.2) is 18.2 Å². The zero-order valence-electron chi connectivity index (χ0n) is 13.2. The van der Waals surface area contributed by atoms with E-state index in [-0.39, 0.29) is 6.04 Å². The second kappa shape index (κ2) is 6.49. The van der Waals surface area contributed by atoms with Crippen molar-refractivity contribution in [3.05, 3.63) is 23.8 Å². The Hall–Kier alpha value is -1.22. The van der Waals surface area contributed by atoms with Gasteiger partial charge >= 0.3 is 0 Å².